The lowest BCUT2D eigenvalue weighted by Gasteiger charge is -2.33. The van der Waals surface area contributed by atoms with Gasteiger partial charge in [0.25, 0.3) is 0 Å². The predicted octanol–water partition coefficient (Wildman–Crippen LogP) is 2.64. The molecular weight excluding hydrogens is 226 g/mol. The molecule has 0 unspecified atom stereocenters. The third kappa shape index (κ3) is 3.10. The van der Waals surface area contributed by atoms with Crippen molar-refractivity contribution in [3.63, 3.8) is 0 Å². The van der Waals surface area contributed by atoms with Gasteiger partial charge in [0.2, 0.25) is 0 Å². The molecule has 2 N–H and O–H groups in total. The molecule has 1 aromatic carbocycles. The van der Waals surface area contributed by atoms with E-state index in [1.54, 1.807) is 0 Å². The smallest absolute Gasteiger partial charge is 0.312 e. The van der Waals surface area contributed by atoms with Crippen LogP contribution < -0.4 is 5.73 Å². The Labute approximate surface area is 108 Å². The van der Waals surface area contributed by atoms with E-state index in [9.17, 15) is 4.79 Å². The van der Waals surface area contributed by atoms with Crippen LogP contribution in [-0.2, 0) is 16.1 Å². The number of carbonyl (C=O) groups excluding carboxylic acids is 1. The zero-order valence-electron chi connectivity index (χ0n) is 10.9. The Hall–Kier alpha value is -1.35. The average molecular weight is 247 g/mol. The van der Waals surface area contributed by atoms with Crippen molar-refractivity contribution in [3.8, 4) is 0 Å². The Kier molecular flexibility index (Phi) is 4.02. The summed E-state index contributed by atoms with van der Waals surface area (Å²) in [6.07, 6.45) is 3.50. The summed E-state index contributed by atoms with van der Waals surface area (Å²) in [4.78, 5) is 12.1. The van der Waals surface area contributed by atoms with Gasteiger partial charge in [0.05, 0.1) is 5.41 Å². The third-order valence-corrected chi connectivity index (χ3v) is 3.84. The number of nitrogens with two attached hydrogens (primary N) is 1. The van der Waals surface area contributed by atoms with Crippen LogP contribution in [0.1, 0.15) is 38.2 Å². The van der Waals surface area contributed by atoms with Crippen LogP contribution >= 0.6 is 0 Å². The molecule has 0 amide bonds. The molecule has 0 saturated heterocycles. The molecule has 0 aliphatic heterocycles. The van der Waals surface area contributed by atoms with Gasteiger partial charge in [0.15, 0.2) is 0 Å². The number of carbonyl (C=O) groups is 1. The number of rotatable bonds is 3. The normalized spacial score (nSPS) is 27.8. The van der Waals surface area contributed by atoms with Gasteiger partial charge in [0, 0.05) is 6.04 Å². The molecular formula is C15H21NO2. The van der Waals surface area contributed by atoms with Gasteiger partial charge >= 0.3 is 5.97 Å². The van der Waals surface area contributed by atoms with Crippen LogP contribution in [0.2, 0.25) is 0 Å². The van der Waals surface area contributed by atoms with E-state index in [1.807, 2.05) is 37.3 Å². The molecule has 1 aliphatic carbocycles. The number of hydrogen-bond acceptors (Lipinski definition) is 3. The summed E-state index contributed by atoms with van der Waals surface area (Å²) in [5.74, 6) is -0.0850. The van der Waals surface area contributed by atoms with Gasteiger partial charge in [-0.2, -0.15) is 0 Å². The number of esters is 1. The van der Waals surface area contributed by atoms with E-state index >= 15 is 0 Å². The Morgan fingerprint density at radius 2 is 1.94 bits per heavy atom. The Balaban J connectivity index is 1.88. The van der Waals surface area contributed by atoms with Crippen molar-refractivity contribution in [2.45, 2.75) is 45.3 Å². The highest BCUT2D eigenvalue weighted by Gasteiger charge is 2.38. The zero-order chi connectivity index (χ0) is 13.0. The molecule has 0 bridgehead atoms. The Bertz CT molecular complexity index is 394. The van der Waals surface area contributed by atoms with Gasteiger partial charge in [0.1, 0.15) is 6.61 Å². The van der Waals surface area contributed by atoms with Crippen LogP contribution in [-0.4, -0.2) is 12.0 Å². The quantitative estimate of drug-likeness (QED) is 0.835. The van der Waals surface area contributed by atoms with Gasteiger partial charge in [-0.1, -0.05) is 30.3 Å². The molecule has 1 fully saturated rings. The van der Waals surface area contributed by atoms with Crippen molar-refractivity contribution in [2.75, 3.05) is 0 Å². The second-order valence-corrected chi connectivity index (χ2v) is 5.46. The molecule has 2 rings (SSSR count). The van der Waals surface area contributed by atoms with Crippen LogP contribution in [0, 0.1) is 5.41 Å². The van der Waals surface area contributed by atoms with E-state index in [1.165, 1.54) is 0 Å². The highest BCUT2D eigenvalue weighted by Crippen LogP contribution is 2.36. The van der Waals surface area contributed by atoms with Gasteiger partial charge in [-0.25, -0.2) is 0 Å². The van der Waals surface area contributed by atoms with Crippen LogP contribution in [0.3, 0.4) is 0 Å². The second-order valence-electron chi connectivity index (χ2n) is 5.46. The van der Waals surface area contributed by atoms with E-state index in [0.29, 0.717) is 6.61 Å². The van der Waals surface area contributed by atoms with E-state index in [4.69, 9.17) is 10.5 Å². The first-order chi connectivity index (χ1) is 8.60. The molecule has 98 valence electrons. The number of hydrogen-bond donors (Lipinski definition) is 1. The number of ether oxygens (including phenoxy) is 1. The molecule has 0 heterocycles. The SMILES string of the molecule is C[C@]1(C(=O)OCc2ccccc2)CC[C@H](N)CC1. The topological polar surface area (TPSA) is 52.3 Å². The maximum Gasteiger partial charge on any atom is 0.312 e. The van der Waals surface area contributed by atoms with Crippen molar-refractivity contribution in [1.29, 1.82) is 0 Å². The van der Waals surface area contributed by atoms with Gasteiger partial charge < -0.3 is 10.5 Å². The molecule has 1 saturated carbocycles. The largest absolute Gasteiger partial charge is 0.460 e. The molecule has 1 aliphatic rings. The molecule has 0 aromatic heterocycles. The Morgan fingerprint density at radius 1 is 1.33 bits per heavy atom. The maximum atomic E-state index is 12.1. The minimum Gasteiger partial charge on any atom is -0.460 e. The molecule has 0 spiro atoms. The highest BCUT2D eigenvalue weighted by atomic mass is 16.5. The van der Waals surface area contributed by atoms with E-state index in [0.717, 1.165) is 31.2 Å². The summed E-state index contributed by atoms with van der Waals surface area (Å²) in [6, 6.07) is 10.0. The van der Waals surface area contributed by atoms with E-state index in [2.05, 4.69) is 0 Å². The van der Waals surface area contributed by atoms with Gasteiger partial charge in [-0.05, 0) is 38.2 Å². The summed E-state index contributed by atoms with van der Waals surface area (Å²) in [5, 5.41) is 0. The monoisotopic (exact) mass is 247 g/mol. The first-order valence-corrected chi connectivity index (χ1v) is 6.57. The minimum atomic E-state index is -0.343. The zero-order valence-corrected chi connectivity index (χ0v) is 10.9. The third-order valence-electron chi connectivity index (χ3n) is 3.84. The molecule has 0 radical (unpaired) electrons. The summed E-state index contributed by atoms with van der Waals surface area (Å²) in [7, 11) is 0. The van der Waals surface area contributed by atoms with Crippen LogP contribution in [0.4, 0.5) is 0 Å². The van der Waals surface area contributed by atoms with E-state index < -0.39 is 0 Å². The van der Waals surface area contributed by atoms with Gasteiger partial charge in [-0.15, -0.1) is 0 Å². The summed E-state index contributed by atoms with van der Waals surface area (Å²) in [6.45, 7) is 2.35. The van der Waals surface area contributed by atoms with E-state index in [-0.39, 0.29) is 17.4 Å². The molecule has 0 atom stereocenters. The van der Waals surface area contributed by atoms with Crippen molar-refractivity contribution < 1.29 is 9.53 Å². The minimum absolute atomic E-state index is 0.0850. The molecule has 3 heteroatoms. The summed E-state index contributed by atoms with van der Waals surface area (Å²) >= 11 is 0. The van der Waals surface area contributed by atoms with Crippen molar-refractivity contribution >= 4 is 5.97 Å². The van der Waals surface area contributed by atoms with Gasteiger partial charge in [-0.3, -0.25) is 4.79 Å². The van der Waals surface area contributed by atoms with Crippen LogP contribution in [0.25, 0.3) is 0 Å². The first kappa shape index (κ1) is 13.1. The molecule has 3 nitrogen and oxygen atoms in total. The fourth-order valence-corrected chi connectivity index (χ4v) is 2.38. The number of benzene rings is 1. The molecule has 1 aromatic rings. The standard InChI is InChI=1S/C15H21NO2/c1-15(9-7-13(16)8-10-15)14(17)18-11-12-5-3-2-4-6-12/h2-6,13H,7-11,16H2,1H3/t13-,15-. The van der Waals surface area contributed by atoms with Crippen LogP contribution in [0.5, 0.6) is 0 Å². The summed E-state index contributed by atoms with van der Waals surface area (Å²) < 4.78 is 5.43. The lowest BCUT2D eigenvalue weighted by molar-refractivity contribution is -0.158. The Morgan fingerprint density at radius 3 is 2.56 bits per heavy atom. The second kappa shape index (κ2) is 5.53. The summed E-state index contributed by atoms with van der Waals surface area (Å²) in [5.41, 5.74) is 6.56. The fraction of sp³-hybridized carbons (Fsp3) is 0.533. The maximum absolute atomic E-state index is 12.1. The lowest BCUT2D eigenvalue weighted by atomic mass is 9.74. The highest BCUT2D eigenvalue weighted by molar-refractivity contribution is 5.76. The van der Waals surface area contributed by atoms with Crippen LogP contribution in [0.15, 0.2) is 30.3 Å². The average Bonchev–Trinajstić information content (AvgIpc) is 2.41. The van der Waals surface area contributed by atoms with Crippen molar-refractivity contribution in [1.82, 2.24) is 0 Å². The van der Waals surface area contributed by atoms with Crippen molar-refractivity contribution in [3.05, 3.63) is 35.9 Å². The fourth-order valence-electron chi connectivity index (χ4n) is 2.38. The predicted molar refractivity (Wildman–Crippen MR) is 70.8 cm³/mol. The van der Waals surface area contributed by atoms with Crippen molar-refractivity contribution in [2.24, 2.45) is 11.1 Å². The lowest BCUT2D eigenvalue weighted by Crippen LogP contribution is -2.38. The first-order valence-electron chi connectivity index (χ1n) is 6.57. The molecule has 18 heavy (non-hydrogen) atoms.